The maximum atomic E-state index is 13.5. The molecule has 0 aromatic heterocycles. The minimum Gasteiger partial charge on any atom is -0.444 e. The molecular formula is C24H33F3N2O4. The minimum absolute atomic E-state index is 0.0602. The Balaban J connectivity index is 1.75. The Morgan fingerprint density at radius 3 is 2.24 bits per heavy atom. The molecule has 1 heterocycles. The van der Waals surface area contributed by atoms with Gasteiger partial charge in [0.15, 0.2) is 0 Å². The highest BCUT2D eigenvalue weighted by atomic mass is 19.4. The van der Waals surface area contributed by atoms with E-state index in [0.717, 1.165) is 10.5 Å². The molecule has 33 heavy (non-hydrogen) atoms. The maximum absolute atomic E-state index is 13.5. The zero-order chi connectivity index (χ0) is 24.4. The van der Waals surface area contributed by atoms with Crippen molar-refractivity contribution in [2.75, 3.05) is 33.4 Å². The number of benzene rings is 1. The summed E-state index contributed by atoms with van der Waals surface area (Å²) in [6.45, 7) is 6.16. The molecule has 2 aliphatic rings. The molecule has 2 amide bonds. The molecule has 1 aliphatic carbocycles. The molecule has 184 valence electrons. The predicted octanol–water partition coefficient (Wildman–Crippen LogP) is 4.60. The van der Waals surface area contributed by atoms with Crippen LogP contribution in [0.5, 0.6) is 0 Å². The van der Waals surface area contributed by atoms with Crippen LogP contribution in [0.25, 0.3) is 0 Å². The summed E-state index contributed by atoms with van der Waals surface area (Å²) in [6, 6.07) is 8.81. The number of piperidine rings is 1. The lowest BCUT2D eigenvalue weighted by atomic mass is 9.78. The first-order valence-electron chi connectivity index (χ1n) is 11.2. The highest BCUT2D eigenvalue weighted by Gasteiger charge is 2.54. The molecule has 0 bridgehead atoms. The lowest BCUT2D eigenvalue weighted by Crippen LogP contribution is -2.54. The normalized spacial score (nSPS) is 22.6. The van der Waals surface area contributed by atoms with Crippen LogP contribution >= 0.6 is 0 Å². The van der Waals surface area contributed by atoms with E-state index in [1.807, 2.05) is 30.3 Å². The molecule has 1 aliphatic heterocycles. The number of methoxy groups -OCH3 is 1. The second-order valence-corrected chi connectivity index (χ2v) is 10.2. The summed E-state index contributed by atoms with van der Waals surface area (Å²) in [5, 5.41) is 0. The second kappa shape index (κ2) is 9.52. The smallest absolute Gasteiger partial charge is 0.444 e. The Labute approximate surface area is 193 Å². The van der Waals surface area contributed by atoms with E-state index >= 15 is 0 Å². The van der Waals surface area contributed by atoms with E-state index in [2.05, 4.69) is 0 Å². The Morgan fingerprint density at radius 1 is 1.12 bits per heavy atom. The number of nitrogens with zero attached hydrogens (tertiary/aromatic N) is 2. The van der Waals surface area contributed by atoms with Gasteiger partial charge < -0.3 is 19.3 Å². The van der Waals surface area contributed by atoms with E-state index in [4.69, 9.17) is 9.47 Å². The molecule has 6 nitrogen and oxygen atoms in total. The monoisotopic (exact) mass is 470 g/mol. The molecule has 0 N–H and O–H groups in total. The van der Waals surface area contributed by atoms with Gasteiger partial charge in [0.05, 0.1) is 6.61 Å². The molecule has 3 rings (SSSR count). The molecule has 1 saturated carbocycles. The zero-order valence-corrected chi connectivity index (χ0v) is 19.7. The molecule has 2 atom stereocenters. The molecule has 1 saturated heterocycles. The van der Waals surface area contributed by atoms with Crippen molar-refractivity contribution in [3.63, 3.8) is 0 Å². The van der Waals surface area contributed by atoms with Crippen molar-refractivity contribution in [1.82, 2.24) is 9.80 Å². The number of carbonyl (C=O) groups excluding carboxylic acids is 2. The standard InChI is InChI=1S/C24H33F3N2O4/c1-22(2,3)33-21(31)28-12-10-23(11-13-28,16-32-4)15-29(20(30)24(25,26)27)19-14-18(19)17-8-6-5-7-9-17/h5-9,18-19H,10-16H2,1-4H3/t18?,19-/m1/s1. The highest BCUT2D eigenvalue weighted by Crippen LogP contribution is 2.47. The van der Waals surface area contributed by atoms with Crippen LogP contribution in [-0.4, -0.2) is 73.0 Å². The van der Waals surface area contributed by atoms with Crippen molar-refractivity contribution < 1.29 is 32.2 Å². The third-order valence-electron chi connectivity index (χ3n) is 6.32. The first-order chi connectivity index (χ1) is 15.4. The Morgan fingerprint density at radius 2 is 1.73 bits per heavy atom. The second-order valence-electron chi connectivity index (χ2n) is 10.2. The Bertz CT molecular complexity index is 830. The number of hydrogen-bond acceptors (Lipinski definition) is 4. The summed E-state index contributed by atoms with van der Waals surface area (Å²) in [4.78, 5) is 27.4. The molecule has 2 fully saturated rings. The number of ether oxygens (including phenoxy) is 2. The SMILES string of the molecule is COCC1(CN(C(=O)C(F)(F)F)[C@@H]2CC2c2ccccc2)CCN(C(=O)OC(C)(C)C)CC1. The van der Waals surface area contributed by atoms with E-state index in [-0.39, 0.29) is 19.1 Å². The van der Waals surface area contributed by atoms with Gasteiger partial charge in [-0.15, -0.1) is 0 Å². The third kappa shape index (κ3) is 6.40. The van der Waals surface area contributed by atoms with Crippen LogP contribution in [0.15, 0.2) is 30.3 Å². The number of halogens is 3. The van der Waals surface area contributed by atoms with Crippen molar-refractivity contribution in [1.29, 1.82) is 0 Å². The molecule has 9 heteroatoms. The van der Waals surface area contributed by atoms with Crippen LogP contribution in [0.3, 0.4) is 0 Å². The van der Waals surface area contributed by atoms with Gasteiger partial charge in [-0.05, 0) is 45.6 Å². The summed E-state index contributed by atoms with van der Waals surface area (Å²) in [5.41, 5.74) is -0.368. The van der Waals surface area contributed by atoms with Crippen LogP contribution in [0, 0.1) is 5.41 Å². The Kier molecular flexibility index (Phi) is 7.31. The van der Waals surface area contributed by atoms with Crippen LogP contribution in [-0.2, 0) is 14.3 Å². The topological polar surface area (TPSA) is 59.1 Å². The zero-order valence-electron chi connectivity index (χ0n) is 19.7. The van der Waals surface area contributed by atoms with Crippen LogP contribution < -0.4 is 0 Å². The molecule has 1 aromatic carbocycles. The number of likely N-dealkylation sites (tertiary alicyclic amines) is 1. The lowest BCUT2D eigenvalue weighted by molar-refractivity contribution is -0.188. The fraction of sp³-hybridized carbons (Fsp3) is 0.667. The quantitative estimate of drug-likeness (QED) is 0.610. The van der Waals surface area contributed by atoms with Gasteiger partial charge >= 0.3 is 18.2 Å². The maximum Gasteiger partial charge on any atom is 0.471 e. The fourth-order valence-corrected chi connectivity index (χ4v) is 4.59. The van der Waals surface area contributed by atoms with E-state index in [1.165, 1.54) is 7.11 Å². The lowest BCUT2D eigenvalue weighted by Gasteiger charge is -2.44. The molecule has 0 radical (unpaired) electrons. The summed E-state index contributed by atoms with van der Waals surface area (Å²) in [6.07, 6.45) is -4.05. The first kappa shape index (κ1) is 25.3. The number of amides is 2. The summed E-state index contributed by atoms with van der Waals surface area (Å²) >= 11 is 0. The van der Waals surface area contributed by atoms with E-state index in [0.29, 0.717) is 32.4 Å². The average Bonchev–Trinajstić information content (AvgIpc) is 3.52. The van der Waals surface area contributed by atoms with E-state index in [1.54, 1.807) is 25.7 Å². The van der Waals surface area contributed by atoms with Crippen molar-refractivity contribution in [3.05, 3.63) is 35.9 Å². The highest BCUT2D eigenvalue weighted by molar-refractivity contribution is 5.82. The van der Waals surface area contributed by atoms with Gasteiger partial charge in [0, 0.05) is 44.1 Å². The number of alkyl halides is 3. The van der Waals surface area contributed by atoms with E-state index in [9.17, 15) is 22.8 Å². The van der Waals surface area contributed by atoms with Crippen molar-refractivity contribution >= 4 is 12.0 Å². The number of rotatable bonds is 6. The van der Waals surface area contributed by atoms with Crippen LogP contribution in [0.2, 0.25) is 0 Å². The summed E-state index contributed by atoms with van der Waals surface area (Å²) in [5.74, 6) is -1.92. The molecular weight excluding hydrogens is 437 g/mol. The van der Waals surface area contributed by atoms with E-state index < -0.39 is 35.2 Å². The van der Waals surface area contributed by atoms with Gasteiger partial charge in [-0.25, -0.2) is 4.79 Å². The van der Waals surface area contributed by atoms with Crippen LogP contribution in [0.4, 0.5) is 18.0 Å². The average molecular weight is 471 g/mol. The van der Waals surface area contributed by atoms with Gasteiger partial charge in [0.2, 0.25) is 0 Å². The summed E-state index contributed by atoms with van der Waals surface area (Å²) < 4.78 is 51.4. The van der Waals surface area contributed by atoms with Gasteiger partial charge in [-0.1, -0.05) is 30.3 Å². The Hall–Kier alpha value is -2.29. The number of hydrogen-bond donors (Lipinski definition) is 0. The predicted molar refractivity (Wildman–Crippen MR) is 117 cm³/mol. The largest absolute Gasteiger partial charge is 0.471 e. The first-order valence-corrected chi connectivity index (χ1v) is 11.2. The molecule has 0 spiro atoms. The van der Waals surface area contributed by atoms with Gasteiger partial charge in [0.25, 0.3) is 0 Å². The van der Waals surface area contributed by atoms with Crippen molar-refractivity contribution in [2.45, 2.75) is 63.8 Å². The van der Waals surface area contributed by atoms with Gasteiger partial charge in [0.1, 0.15) is 5.60 Å². The van der Waals surface area contributed by atoms with Crippen LogP contribution in [0.1, 0.15) is 51.5 Å². The summed E-state index contributed by atoms with van der Waals surface area (Å²) in [7, 11) is 1.50. The van der Waals surface area contributed by atoms with Crippen molar-refractivity contribution in [2.24, 2.45) is 5.41 Å². The molecule has 1 aromatic rings. The number of carbonyl (C=O) groups is 2. The molecule has 1 unspecified atom stereocenters. The van der Waals surface area contributed by atoms with Gasteiger partial charge in [-0.2, -0.15) is 13.2 Å². The third-order valence-corrected chi connectivity index (χ3v) is 6.32. The van der Waals surface area contributed by atoms with Gasteiger partial charge in [-0.3, -0.25) is 4.79 Å². The minimum atomic E-state index is -4.95. The van der Waals surface area contributed by atoms with Crippen molar-refractivity contribution in [3.8, 4) is 0 Å². The fourth-order valence-electron chi connectivity index (χ4n) is 4.59.